The van der Waals surface area contributed by atoms with Gasteiger partial charge in [0.2, 0.25) is 5.91 Å². The van der Waals surface area contributed by atoms with E-state index in [0.717, 1.165) is 43.0 Å². The normalized spacial score (nSPS) is 10.8. The van der Waals surface area contributed by atoms with E-state index in [-0.39, 0.29) is 11.7 Å². The minimum absolute atomic E-state index is 0.00147. The maximum absolute atomic E-state index is 12.2. The number of carbonyl (C=O) groups is 1. The Bertz CT molecular complexity index is 802. The van der Waals surface area contributed by atoms with E-state index in [2.05, 4.69) is 41.7 Å². The van der Waals surface area contributed by atoms with E-state index in [1.54, 1.807) is 12.1 Å². The summed E-state index contributed by atoms with van der Waals surface area (Å²) in [6.45, 7) is 12.2. The van der Waals surface area contributed by atoms with E-state index in [1.165, 1.54) is 5.56 Å². The average molecular weight is 367 g/mol. The Balaban J connectivity index is 1.81. The summed E-state index contributed by atoms with van der Waals surface area (Å²) >= 11 is 0. The molecule has 0 aliphatic heterocycles. The number of pyridine rings is 1. The van der Waals surface area contributed by atoms with Crippen molar-refractivity contribution in [2.24, 2.45) is 0 Å². The molecule has 0 atom stereocenters. The quantitative estimate of drug-likeness (QED) is 0.642. The molecule has 1 aromatic carbocycles. The molecule has 0 unspecified atom stereocenters. The van der Waals surface area contributed by atoms with E-state index >= 15 is 0 Å². The molecule has 5 heteroatoms. The molecule has 1 heterocycles. The summed E-state index contributed by atoms with van der Waals surface area (Å²) in [5.74, 6) is 0.0251. The molecule has 0 aliphatic carbocycles. The van der Waals surface area contributed by atoms with Crippen molar-refractivity contribution in [2.75, 3.05) is 18.4 Å². The van der Waals surface area contributed by atoms with Gasteiger partial charge in [-0.2, -0.15) is 0 Å². The molecule has 1 amide bonds. The lowest BCUT2D eigenvalue weighted by atomic mass is 10.1. The smallest absolute Gasteiger partial charge is 0.224 e. The number of rotatable bonds is 9. The Morgan fingerprint density at radius 3 is 2.67 bits per heavy atom. The van der Waals surface area contributed by atoms with Crippen molar-refractivity contribution in [3.8, 4) is 0 Å². The van der Waals surface area contributed by atoms with E-state index in [9.17, 15) is 9.90 Å². The number of amides is 1. The third kappa shape index (κ3) is 6.53. The molecule has 0 bridgehead atoms. The van der Waals surface area contributed by atoms with Crippen LogP contribution in [-0.4, -0.2) is 34.0 Å². The molecule has 0 radical (unpaired) electrons. The highest BCUT2D eigenvalue weighted by Crippen LogP contribution is 2.20. The van der Waals surface area contributed by atoms with Crippen molar-refractivity contribution in [3.05, 3.63) is 65.5 Å². The van der Waals surface area contributed by atoms with Crippen LogP contribution in [0.3, 0.4) is 0 Å². The highest BCUT2D eigenvalue weighted by molar-refractivity contribution is 5.91. The fraction of sp³-hybridized carbons (Fsp3) is 0.364. The lowest BCUT2D eigenvalue weighted by molar-refractivity contribution is -0.116. The predicted octanol–water partition coefficient (Wildman–Crippen LogP) is 4.47. The number of aromatic nitrogens is 1. The first-order chi connectivity index (χ1) is 12.9. The summed E-state index contributed by atoms with van der Waals surface area (Å²) in [5, 5.41) is 12.4. The summed E-state index contributed by atoms with van der Waals surface area (Å²) in [7, 11) is 0. The second kappa shape index (κ2) is 9.88. The Hall–Kier alpha value is -2.66. The maximum atomic E-state index is 12.2. The predicted molar refractivity (Wildman–Crippen MR) is 111 cm³/mol. The van der Waals surface area contributed by atoms with Crippen molar-refractivity contribution in [2.45, 2.75) is 40.2 Å². The van der Waals surface area contributed by atoms with Gasteiger partial charge in [0, 0.05) is 30.4 Å². The zero-order valence-electron chi connectivity index (χ0n) is 16.5. The van der Waals surface area contributed by atoms with Crippen LogP contribution in [0.25, 0.3) is 5.76 Å². The van der Waals surface area contributed by atoms with Gasteiger partial charge in [0.15, 0.2) is 0 Å². The standard InChI is InChI=1S/C22H29N3O2/c1-5-25(15-20-13-16(2)10-11-23-20)12-6-7-22(27)24-21-9-8-19(18(4)26)14-17(21)3/h8-11,13-14,26H,4-7,12,15H2,1-3H3,(H,24,27). The van der Waals surface area contributed by atoms with Crippen LogP contribution in [0, 0.1) is 13.8 Å². The summed E-state index contributed by atoms with van der Waals surface area (Å²) in [5.41, 5.74) is 4.59. The number of aliphatic hydroxyl groups is 1. The van der Waals surface area contributed by atoms with Crippen molar-refractivity contribution < 1.29 is 9.90 Å². The van der Waals surface area contributed by atoms with Crippen LogP contribution in [0.2, 0.25) is 0 Å². The summed E-state index contributed by atoms with van der Waals surface area (Å²) in [4.78, 5) is 19.0. The zero-order chi connectivity index (χ0) is 19.8. The number of benzene rings is 1. The van der Waals surface area contributed by atoms with E-state index < -0.39 is 0 Å². The monoisotopic (exact) mass is 367 g/mol. The minimum Gasteiger partial charge on any atom is -0.508 e. The molecule has 0 saturated heterocycles. The van der Waals surface area contributed by atoms with Crippen LogP contribution >= 0.6 is 0 Å². The molecule has 1 aromatic heterocycles. The van der Waals surface area contributed by atoms with Gasteiger partial charge in [0.25, 0.3) is 0 Å². The average Bonchev–Trinajstić information content (AvgIpc) is 2.62. The first kappa shape index (κ1) is 20.6. The SMILES string of the molecule is C=C(O)c1ccc(NC(=O)CCCN(CC)Cc2cc(C)ccn2)c(C)c1. The first-order valence-corrected chi connectivity index (χ1v) is 9.31. The lowest BCUT2D eigenvalue weighted by Gasteiger charge is -2.20. The molecular formula is C22H29N3O2. The largest absolute Gasteiger partial charge is 0.508 e. The molecule has 0 aliphatic rings. The number of anilines is 1. The number of nitrogens with one attached hydrogen (secondary N) is 1. The van der Waals surface area contributed by atoms with E-state index in [1.807, 2.05) is 25.3 Å². The van der Waals surface area contributed by atoms with Gasteiger partial charge in [0.05, 0.1) is 5.69 Å². The molecule has 144 valence electrons. The topological polar surface area (TPSA) is 65.5 Å². The van der Waals surface area contributed by atoms with Gasteiger partial charge in [0.1, 0.15) is 5.76 Å². The summed E-state index contributed by atoms with van der Waals surface area (Å²) in [6, 6.07) is 9.45. The Morgan fingerprint density at radius 2 is 2.04 bits per heavy atom. The second-order valence-electron chi connectivity index (χ2n) is 6.82. The maximum Gasteiger partial charge on any atom is 0.224 e. The first-order valence-electron chi connectivity index (χ1n) is 9.31. The second-order valence-corrected chi connectivity index (χ2v) is 6.82. The Kier molecular flexibility index (Phi) is 7.55. The van der Waals surface area contributed by atoms with Gasteiger partial charge in [-0.05, 0) is 74.8 Å². The van der Waals surface area contributed by atoms with Crippen molar-refractivity contribution >= 4 is 17.4 Å². The third-order valence-corrected chi connectivity index (χ3v) is 4.52. The highest BCUT2D eigenvalue weighted by Gasteiger charge is 2.09. The zero-order valence-corrected chi connectivity index (χ0v) is 16.5. The molecule has 2 N–H and O–H groups in total. The lowest BCUT2D eigenvalue weighted by Crippen LogP contribution is -2.25. The Labute approximate surface area is 161 Å². The number of carbonyl (C=O) groups excluding carboxylic acids is 1. The fourth-order valence-corrected chi connectivity index (χ4v) is 2.92. The molecular weight excluding hydrogens is 338 g/mol. The molecule has 5 nitrogen and oxygen atoms in total. The van der Waals surface area contributed by atoms with Gasteiger partial charge in [-0.3, -0.25) is 14.7 Å². The van der Waals surface area contributed by atoms with E-state index in [0.29, 0.717) is 12.0 Å². The highest BCUT2D eigenvalue weighted by atomic mass is 16.3. The van der Waals surface area contributed by atoms with Gasteiger partial charge >= 0.3 is 0 Å². The summed E-state index contributed by atoms with van der Waals surface area (Å²) in [6.07, 6.45) is 3.09. The minimum atomic E-state index is -0.00147. The molecule has 2 aromatic rings. The molecule has 0 spiro atoms. The van der Waals surface area contributed by atoms with Crippen LogP contribution in [0.5, 0.6) is 0 Å². The summed E-state index contributed by atoms with van der Waals surface area (Å²) < 4.78 is 0. The van der Waals surface area contributed by atoms with Crippen LogP contribution in [0.4, 0.5) is 5.69 Å². The molecule has 27 heavy (non-hydrogen) atoms. The van der Waals surface area contributed by atoms with Gasteiger partial charge in [-0.1, -0.05) is 13.5 Å². The van der Waals surface area contributed by atoms with Gasteiger partial charge in [-0.15, -0.1) is 0 Å². The van der Waals surface area contributed by atoms with Gasteiger partial charge < -0.3 is 10.4 Å². The van der Waals surface area contributed by atoms with Crippen LogP contribution < -0.4 is 5.32 Å². The third-order valence-electron chi connectivity index (χ3n) is 4.52. The number of nitrogens with zero attached hydrogens (tertiary/aromatic N) is 2. The number of hydrogen-bond donors (Lipinski definition) is 2. The Morgan fingerprint density at radius 1 is 1.26 bits per heavy atom. The van der Waals surface area contributed by atoms with Crippen molar-refractivity contribution in [3.63, 3.8) is 0 Å². The van der Waals surface area contributed by atoms with Crippen molar-refractivity contribution in [1.29, 1.82) is 0 Å². The fourth-order valence-electron chi connectivity index (χ4n) is 2.92. The number of hydrogen-bond acceptors (Lipinski definition) is 4. The van der Waals surface area contributed by atoms with Crippen LogP contribution in [0.15, 0.2) is 43.1 Å². The molecule has 0 fully saturated rings. The van der Waals surface area contributed by atoms with E-state index in [4.69, 9.17) is 0 Å². The molecule has 2 rings (SSSR count). The number of aliphatic hydroxyl groups excluding tert-OH is 1. The van der Waals surface area contributed by atoms with Gasteiger partial charge in [-0.25, -0.2) is 0 Å². The van der Waals surface area contributed by atoms with Crippen LogP contribution in [-0.2, 0) is 11.3 Å². The van der Waals surface area contributed by atoms with Crippen molar-refractivity contribution in [1.82, 2.24) is 9.88 Å². The number of aryl methyl sites for hydroxylation is 2. The molecule has 0 saturated carbocycles. The van der Waals surface area contributed by atoms with Crippen LogP contribution in [0.1, 0.15) is 42.1 Å².